The first kappa shape index (κ1) is 17.9. The molecule has 2 rings (SSSR count). The third-order valence-electron chi connectivity index (χ3n) is 4.33. The van der Waals surface area contributed by atoms with E-state index in [4.69, 9.17) is 0 Å². The molecule has 6 nitrogen and oxygen atoms in total. The molecule has 0 radical (unpaired) electrons. The Morgan fingerprint density at radius 3 is 2.57 bits per heavy atom. The van der Waals surface area contributed by atoms with Gasteiger partial charge >= 0.3 is 0 Å². The van der Waals surface area contributed by atoms with E-state index < -0.39 is 9.84 Å². The Kier molecular flexibility index (Phi) is 5.75. The first-order valence-electron chi connectivity index (χ1n) is 7.87. The van der Waals surface area contributed by atoms with E-state index >= 15 is 0 Å². The minimum Gasteiger partial charge on any atom is -0.348 e. The smallest absolute Gasteiger partial charge is 0.251 e. The van der Waals surface area contributed by atoms with Gasteiger partial charge in [0.05, 0.1) is 5.75 Å². The lowest BCUT2D eigenvalue weighted by molar-refractivity contribution is 0.0925. The molecule has 0 aliphatic carbocycles. The average molecular weight is 339 g/mol. The summed E-state index contributed by atoms with van der Waals surface area (Å²) in [5.41, 5.74) is 0.595. The molecule has 1 amide bonds. The second-order valence-electron chi connectivity index (χ2n) is 6.61. The van der Waals surface area contributed by atoms with Crippen LogP contribution in [0.4, 0.5) is 0 Å². The second kappa shape index (κ2) is 7.40. The Morgan fingerprint density at radius 2 is 2.00 bits per heavy atom. The molecule has 7 heteroatoms. The van der Waals surface area contributed by atoms with Gasteiger partial charge in [0.25, 0.3) is 5.91 Å². The molecule has 1 fully saturated rings. The molecule has 1 aromatic heterocycles. The summed E-state index contributed by atoms with van der Waals surface area (Å²) in [5, 5.41) is 3.10. The van der Waals surface area contributed by atoms with Crippen molar-refractivity contribution in [3.63, 3.8) is 0 Å². The van der Waals surface area contributed by atoms with Crippen molar-refractivity contribution in [1.82, 2.24) is 15.2 Å². The number of carbonyl (C=O) groups is 1. The van der Waals surface area contributed by atoms with Crippen LogP contribution in [0.25, 0.3) is 0 Å². The number of nitrogens with zero attached hydrogens (tertiary/aromatic N) is 2. The Bertz CT molecular complexity index is 631. The van der Waals surface area contributed by atoms with Gasteiger partial charge in [-0.1, -0.05) is 13.8 Å². The summed E-state index contributed by atoms with van der Waals surface area (Å²) in [5.74, 6) is 0.789. The van der Waals surface area contributed by atoms with Gasteiger partial charge in [-0.05, 0) is 24.0 Å². The summed E-state index contributed by atoms with van der Waals surface area (Å²) < 4.78 is 22.7. The largest absolute Gasteiger partial charge is 0.348 e. The predicted molar refractivity (Wildman–Crippen MR) is 90.0 cm³/mol. The van der Waals surface area contributed by atoms with Crippen LogP contribution in [0.5, 0.6) is 0 Å². The molecule has 2 heterocycles. The van der Waals surface area contributed by atoms with E-state index in [2.05, 4.69) is 29.0 Å². The summed E-state index contributed by atoms with van der Waals surface area (Å²) >= 11 is 0. The zero-order valence-electron chi connectivity index (χ0n) is 13.9. The minimum atomic E-state index is -2.97. The van der Waals surface area contributed by atoms with Crippen LogP contribution in [0.1, 0.15) is 24.2 Å². The van der Waals surface area contributed by atoms with Crippen LogP contribution in [-0.2, 0) is 9.84 Å². The summed E-state index contributed by atoms with van der Waals surface area (Å²) in [4.78, 5) is 18.4. The number of amides is 1. The van der Waals surface area contributed by atoms with Gasteiger partial charge in [-0.25, -0.2) is 8.42 Å². The molecule has 0 saturated carbocycles. The lowest BCUT2D eigenvalue weighted by atomic mass is 9.91. The lowest BCUT2D eigenvalue weighted by Crippen LogP contribution is -2.42. The molecule has 128 valence electrons. The van der Waals surface area contributed by atoms with Crippen LogP contribution in [0.15, 0.2) is 24.5 Å². The molecule has 23 heavy (non-hydrogen) atoms. The fraction of sp³-hybridized carbons (Fsp3) is 0.625. The summed E-state index contributed by atoms with van der Waals surface area (Å²) in [6.45, 7) is 6.29. The molecule has 0 bridgehead atoms. The highest BCUT2D eigenvalue weighted by molar-refractivity contribution is 7.90. The van der Waals surface area contributed by atoms with E-state index in [1.54, 1.807) is 24.5 Å². The number of rotatable bonds is 6. The molecular formula is C16H25N3O3S. The summed E-state index contributed by atoms with van der Waals surface area (Å²) in [6.07, 6.45) is 4.45. The molecule has 2 atom stereocenters. The lowest BCUT2D eigenvalue weighted by Gasteiger charge is -2.23. The maximum atomic E-state index is 12.3. The van der Waals surface area contributed by atoms with E-state index in [0.717, 1.165) is 6.54 Å². The van der Waals surface area contributed by atoms with Crippen molar-refractivity contribution >= 4 is 15.7 Å². The third kappa shape index (κ3) is 5.28. The molecule has 1 aromatic rings. The van der Waals surface area contributed by atoms with Gasteiger partial charge in [-0.3, -0.25) is 14.7 Å². The SMILES string of the molecule is CC(C)[C@@H]1CN(CCS(C)(=O)=O)C[C@H]1NC(=O)c1ccncc1. The van der Waals surface area contributed by atoms with Crippen LogP contribution >= 0.6 is 0 Å². The Morgan fingerprint density at radius 1 is 1.35 bits per heavy atom. The van der Waals surface area contributed by atoms with Crippen molar-refractivity contribution in [1.29, 1.82) is 0 Å². The van der Waals surface area contributed by atoms with Crippen LogP contribution in [-0.4, -0.2) is 61.9 Å². The summed E-state index contributed by atoms with van der Waals surface area (Å²) in [6, 6.07) is 3.42. The molecule has 1 N–H and O–H groups in total. The Hall–Kier alpha value is -1.47. The van der Waals surface area contributed by atoms with E-state index in [0.29, 0.717) is 30.5 Å². The van der Waals surface area contributed by atoms with Crippen molar-refractivity contribution in [2.75, 3.05) is 31.6 Å². The molecule has 0 aromatic carbocycles. The van der Waals surface area contributed by atoms with Crippen LogP contribution in [0, 0.1) is 11.8 Å². The molecule has 1 aliphatic rings. The fourth-order valence-corrected chi connectivity index (χ4v) is 3.56. The maximum absolute atomic E-state index is 12.3. The first-order valence-corrected chi connectivity index (χ1v) is 9.93. The third-order valence-corrected chi connectivity index (χ3v) is 5.26. The number of hydrogen-bond donors (Lipinski definition) is 1. The highest BCUT2D eigenvalue weighted by Gasteiger charge is 2.35. The van der Waals surface area contributed by atoms with Crippen LogP contribution < -0.4 is 5.32 Å². The average Bonchev–Trinajstić information content (AvgIpc) is 2.88. The number of carbonyl (C=O) groups excluding carboxylic acids is 1. The van der Waals surface area contributed by atoms with Gasteiger partial charge in [0.2, 0.25) is 0 Å². The van der Waals surface area contributed by atoms with E-state index in [-0.39, 0.29) is 17.7 Å². The molecule has 1 aliphatic heterocycles. The standard InChI is InChI=1S/C16H25N3O3S/c1-12(2)14-10-19(8-9-23(3,21)22)11-15(14)18-16(20)13-4-6-17-7-5-13/h4-7,12,14-15H,8-11H2,1-3H3,(H,18,20)/t14-,15+/m0/s1. The topological polar surface area (TPSA) is 79.4 Å². The monoisotopic (exact) mass is 339 g/mol. The van der Waals surface area contributed by atoms with Gasteiger partial charge in [0.15, 0.2) is 0 Å². The van der Waals surface area contributed by atoms with Gasteiger partial charge < -0.3 is 5.32 Å². The molecule has 0 spiro atoms. The van der Waals surface area contributed by atoms with Crippen LogP contribution in [0.2, 0.25) is 0 Å². The van der Waals surface area contributed by atoms with Gasteiger partial charge in [0.1, 0.15) is 9.84 Å². The van der Waals surface area contributed by atoms with Gasteiger partial charge in [-0.15, -0.1) is 0 Å². The van der Waals surface area contributed by atoms with Crippen molar-refractivity contribution in [2.24, 2.45) is 11.8 Å². The molecule has 1 saturated heterocycles. The zero-order valence-corrected chi connectivity index (χ0v) is 14.7. The number of hydrogen-bond acceptors (Lipinski definition) is 5. The quantitative estimate of drug-likeness (QED) is 0.830. The van der Waals surface area contributed by atoms with E-state index in [9.17, 15) is 13.2 Å². The number of pyridine rings is 1. The van der Waals surface area contributed by atoms with Crippen molar-refractivity contribution in [3.05, 3.63) is 30.1 Å². The van der Waals surface area contributed by atoms with Gasteiger partial charge in [-0.2, -0.15) is 0 Å². The number of aromatic nitrogens is 1. The zero-order chi connectivity index (χ0) is 17.0. The first-order chi connectivity index (χ1) is 10.8. The fourth-order valence-electron chi connectivity index (χ4n) is 2.97. The van der Waals surface area contributed by atoms with Gasteiger partial charge in [0, 0.05) is 49.9 Å². The predicted octanol–water partition coefficient (Wildman–Crippen LogP) is 0.812. The number of sulfone groups is 1. The van der Waals surface area contributed by atoms with E-state index in [1.807, 2.05) is 0 Å². The minimum absolute atomic E-state index is 0.0372. The maximum Gasteiger partial charge on any atom is 0.251 e. The molecular weight excluding hydrogens is 314 g/mol. The Balaban J connectivity index is 2.00. The Labute approximate surface area is 138 Å². The molecule has 0 unspecified atom stereocenters. The highest BCUT2D eigenvalue weighted by atomic mass is 32.2. The normalized spacial score (nSPS) is 22.4. The summed E-state index contributed by atoms with van der Waals surface area (Å²) in [7, 11) is -2.97. The van der Waals surface area contributed by atoms with E-state index in [1.165, 1.54) is 6.26 Å². The van der Waals surface area contributed by atoms with Crippen LogP contribution in [0.3, 0.4) is 0 Å². The highest BCUT2D eigenvalue weighted by Crippen LogP contribution is 2.24. The number of likely N-dealkylation sites (tertiary alicyclic amines) is 1. The second-order valence-corrected chi connectivity index (χ2v) is 8.87. The van der Waals surface area contributed by atoms with Crippen molar-refractivity contribution in [3.8, 4) is 0 Å². The van der Waals surface area contributed by atoms with Crippen molar-refractivity contribution < 1.29 is 13.2 Å². The number of nitrogens with one attached hydrogen (secondary N) is 1. The van der Waals surface area contributed by atoms with Crippen molar-refractivity contribution in [2.45, 2.75) is 19.9 Å².